The van der Waals surface area contributed by atoms with E-state index in [1.54, 1.807) is 11.8 Å². The smallest absolute Gasteiger partial charge is 0.219 e. The van der Waals surface area contributed by atoms with E-state index in [1.807, 2.05) is 7.05 Å². The summed E-state index contributed by atoms with van der Waals surface area (Å²) in [5, 5.41) is 0. The molecule has 21 heavy (non-hydrogen) atoms. The van der Waals surface area contributed by atoms with Gasteiger partial charge >= 0.3 is 0 Å². The van der Waals surface area contributed by atoms with E-state index in [-0.39, 0.29) is 5.91 Å². The molecule has 0 heterocycles. The number of nitrogens with zero attached hydrogens (tertiary/aromatic N) is 1. The molecule has 2 nitrogen and oxygen atoms in total. The van der Waals surface area contributed by atoms with E-state index in [1.165, 1.54) is 70.6 Å². The Bertz CT molecular complexity index is 260. The summed E-state index contributed by atoms with van der Waals surface area (Å²) in [6.07, 6.45) is 20.8. The SMILES string of the molecule is CCCCCCCCCCCCC/C=C/CN(C)C(C)=O. The van der Waals surface area contributed by atoms with Crippen molar-refractivity contribution in [2.75, 3.05) is 13.6 Å². The maximum Gasteiger partial charge on any atom is 0.219 e. The number of amides is 1. The van der Waals surface area contributed by atoms with Crippen LogP contribution >= 0.6 is 0 Å². The Labute approximate surface area is 133 Å². The van der Waals surface area contributed by atoms with Crippen LogP contribution in [-0.4, -0.2) is 24.4 Å². The van der Waals surface area contributed by atoms with Gasteiger partial charge in [-0.25, -0.2) is 0 Å². The summed E-state index contributed by atoms with van der Waals surface area (Å²) < 4.78 is 0. The van der Waals surface area contributed by atoms with Crippen LogP contribution in [0.15, 0.2) is 12.2 Å². The molecule has 2 heteroatoms. The fraction of sp³-hybridized carbons (Fsp3) is 0.842. The largest absolute Gasteiger partial charge is 0.342 e. The molecule has 0 fully saturated rings. The number of allylic oxidation sites excluding steroid dienone is 1. The number of likely N-dealkylation sites (N-methyl/N-ethyl adjacent to an activating group) is 1. The third-order valence-electron chi connectivity index (χ3n) is 4.06. The van der Waals surface area contributed by atoms with Gasteiger partial charge in [0.05, 0.1) is 0 Å². The molecular weight excluding hydrogens is 258 g/mol. The molecule has 0 aliphatic heterocycles. The second kappa shape index (κ2) is 15.6. The molecular formula is C19H37NO. The van der Waals surface area contributed by atoms with Gasteiger partial charge in [0.1, 0.15) is 0 Å². The molecule has 0 aromatic heterocycles. The van der Waals surface area contributed by atoms with Gasteiger partial charge in [-0.15, -0.1) is 0 Å². The van der Waals surface area contributed by atoms with E-state index in [9.17, 15) is 4.79 Å². The maximum atomic E-state index is 11.0. The van der Waals surface area contributed by atoms with Gasteiger partial charge < -0.3 is 4.90 Å². The van der Waals surface area contributed by atoms with Crippen LogP contribution in [0.3, 0.4) is 0 Å². The zero-order chi connectivity index (χ0) is 15.8. The highest BCUT2D eigenvalue weighted by atomic mass is 16.2. The zero-order valence-electron chi connectivity index (χ0n) is 14.7. The van der Waals surface area contributed by atoms with Gasteiger partial charge in [0.2, 0.25) is 5.91 Å². The van der Waals surface area contributed by atoms with Crippen LogP contribution in [0.2, 0.25) is 0 Å². The van der Waals surface area contributed by atoms with Gasteiger partial charge in [0.15, 0.2) is 0 Å². The molecule has 0 aliphatic rings. The maximum absolute atomic E-state index is 11.0. The lowest BCUT2D eigenvalue weighted by Crippen LogP contribution is -2.23. The van der Waals surface area contributed by atoms with Crippen LogP contribution in [0.5, 0.6) is 0 Å². The minimum Gasteiger partial charge on any atom is -0.342 e. The van der Waals surface area contributed by atoms with Gasteiger partial charge in [0, 0.05) is 20.5 Å². The Morgan fingerprint density at radius 2 is 1.29 bits per heavy atom. The third kappa shape index (κ3) is 15.4. The van der Waals surface area contributed by atoms with Crippen LogP contribution in [0.4, 0.5) is 0 Å². The van der Waals surface area contributed by atoms with Gasteiger partial charge in [-0.05, 0) is 12.8 Å². The predicted octanol–water partition coefficient (Wildman–Crippen LogP) is 5.72. The molecule has 0 aliphatic carbocycles. The Kier molecular flexibility index (Phi) is 15.0. The molecule has 0 N–H and O–H groups in total. The first kappa shape index (κ1) is 20.2. The molecule has 0 atom stereocenters. The predicted molar refractivity (Wildman–Crippen MR) is 93.5 cm³/mol. The minimum atomic E-state index is 0.134. The van der Waals surface area contributed by atoms with Gasteiger partial charge in [0.25, 0.3) is 0 Å². The lowest BCUT2D eigenvalue weighted by molar-refractivity contribution is -0.127. The Balaban J connectivity index is 3.15. The number of hydrogen-bond donors (Lipinski definition) is 0. The van der Waals surface area contributed by atoms with E-state index >= 15 is 0 Å². The van der Waals surface area contributed by atoms with Crippen molar-refractivity contribution in [3.05, 3.63) is 12.2 Å². The van der Waals surface area contributed by atoms with Crippen molar-refractivity contribution < 1.29 is 4.79 Å². The first-order chi connectivity index (χ1) is 10.2. The van der Waals surface area contributed by atoms with E-state index in [4.69, 9.17) is 0 Å². The van der Waals surface area contributed by atoms with E-state index in [2.05, 4.69) is 19.1 Å². The molecule has 1 amide bonds. The molecule has 0 saturated carbocycles. The number of rotatable bonds is 14. The molecule has 0 bridgehead atoms. The Morgan fingerprint density at radius 3 is 1.76 bits per heavy atom. The third-order valence-corrected chi connectivity index (χ3v) is 4.06. The van der Waals surface area contributed by atoms with E-state index in [0.29, 0.717) is 0 Å². The van der Waals surface area contributed by atoms with E-state index < -0.39 is 0 Å². The molecule has 124 valence electrons. The highest BCUT2D eigenvalue weighted by molar-refractivity contribution is 5.72. The summed E-state index contributed by atoms with van der Waals surface area (Å²) in [5.41, 5.74) is 0. The van der Waals surface area contributed by atoms with Crippen molar-refractivity contribution >= 4 is 5.91 Å². The highest BCUT2D eigenvalue weighted by Crippen LogP contribution is 2.11. The van der Waals surface area contributed by atoms with Crippen LogP contribution in [0.1, 0.15) is 90.9 Å². The Hall–Kier alpha value is -0.790. The van der Waals surface area contributed by atoms with Gasteiger partial charge in [-0.1, -0.05) is 83.3 Å². The molecule has 0 rings (SSSR count). The van der Waals surface area contributed by atoms with Crippen molar-refractivity contribution in [2.45, 2.75) is 90.9 Å². The number of hydrogen-bond acceptors (Lipinski definition) is 1. The molecule has 0 saturated heterocycles. The minimum absolute atomic E-state index is 0.134. The molecule has 0 aromatic rings. The zero-order valence-corrected chi connectivity index (χ0v) is 14.7. The average Bonchev–Trinajstić information content (AvgIpc) is 2.47. The number of carbonyl (C=O) groups is 1. The summed E-state index contributed by atoms with van der Waals surface area (Å²) in [7, 11) is 1.84. The molecule has 0 radical (unpaired) electrons. The number of carbonyl (C=O) groups excluding carboxylic acids is 1. The summed E-state index contributed by atoms with van der Waals surface area (Å²) in [4.78, 5) is 12.7. The van der Waals surface area contributed by atoms with Crippen molar-refractivity contribution in [1.29, 1.82) is 0 Å². The molecule has 0 spiro atoms. The average molecular weight is 296 g/mol. The first-order valence-corrected chi connectivity index (χ1v) is 9.05. The fourth-order valence-electron chi connectivity index (χ4n) is 2.41. The van der Waals surface area contributed by atoms with Crippen molar-refractivity contribution in [1.82, 2.24) is 4.90 Å². The second-order valence-corrected chi connectivity index (χ2v) is 6.20. The van der Waals surface area contributed by atoms with Crippen LogP contribution in [-0.2, 0) is 4.79 Å². The summed E-state index contributed by atoms with van der Waals surface area (Å²) >= 11 is 0. The van der Waals surface area contributed by atoms with E-state index in [0.717, 1.165) is 13.0 Å². The van der Waals surface area contributed by atoms with Crippen molar-refractivity contribution in [2.24, 2.45) is 0 Å². The fourth-order valence-corrected chi connectivity index (χ4v) is 2.41. The lowest BCUT2D eigenvalue weighted by atomic mass is 10.1. The molecule has 0 unspecified atom stereocenters. The number of unbranched alkanes of at least 4 members (excludes halogenated alkanes) is 11. The van der Waals surface area contributed by atoms with Crippen LogP contribution < -0.4 is 0 Å². The topological polar surface area (TPSA) is 20.3 Å². The second-order valence-electron chi connectivity index (χ2n) is 6.20. The van der Waals surface area contributed by atoms with Gasteiger partial charge in [-0.2, -0.15) is 0 Å². The van der Waals surface area contributed by atoms with Crippen molar-refractivity contribution in [3.63, 3.8) is 0 Å². The van der Waals surface area contributed by atoms with Crippen molar-refractivity contribution in [3.8, 4) is 0 Å². The standard InChI is InChI=1S/C19H37NO/c1-4-5-6-7-8-9-10-11-12-13-14-15-16-17-18-20(3)19(2)21/h16-17H,4-15,18H2,1-3H3/b17-16+. The summed E-state index contributed by atoms with van der Waals surface area (Å²) in [6, 6.07) is 0. The lowest BCUT2D eigenvalue weighted by Gasteiger charge is -2.10. The van der Waals surface area contributed by atoms with Gasteiger partial charge in [-0.3, -0.25) is 4.79 Å². The highest BCUT2D eigenvalue weighted by Gasteiger charge is 1.96. The van der Waals surface area contributed by atoms with Crippen LogP contribution in [0, 0.1) is 0 Å². The normalized spacial score (nSPS) is 11.2. The summed E-state index contributed by atoms with van der Waals surface area (Å²) in [6.45, 7) is 4.63. The first-order valence-electron chi connectivity index (χ1n) is 9.05. The van der Waals surface area contributed by atoms with Crippen LogP contribution in [0.25, 0.3) is 0 Å². The monoisotopic (exact) mass is 295 g/mol. The quantitative estimate of drug-likeness (QED) is 0.296. The Morgan fingerprint density at radius 1 is 0.810 bits per heavy atom. The molecule has 0 aromatic carbocycles. The summed E-state index contributed by atoms with van der Waals surface area (Å²) in [5.74, 6) is 0.134.